The van der Waals surface area contributed by atoms with E-state index >= 15 is 0 Å². The van der Waals surface area contributed by atoms with E-state index in [-0.39, 0.29) is 17.1 Å². The van der Waals surface area contributed by atoms with E-state index in [0.29, 0.717) is 0 Å². The first-order valence-corrected chi connectivity index (χ1v) is 3.67. The molecule has 0 radical (unpaired) electrons. The fourth-order valence-corrected chi connectivity index (χ4v) is 1.07. The number of hydrogen-bond acceptors (Lipinski definition) is 4. The van der Waals surface area contributed by atoms with Crippen molar-refractivity contribution in [3.05, 3.63) is 20.8 Å². The van der Waals surface area contributed by atoms with Crippen LogP contribution in [0.2, 0.25) is 0 Å². The Morgan fingerprint density at radius 2 is 2.00 bits per heavy atom. The van der Waals surface area contributed by atoms with Crippen LogP contribution in [0.25, 0.3) is 11.2 Å². The lowest BCUT2D eigenvalue weighted by Gasteiger charge is -1.83. The van der Waals surface area contributed by atoms with Gasteiger partial charge in [0, 0.05) is 11.8 Å². The Bertz CT molecular complexity index is 552. The quantitative estimate of drug-likeness (QED) is 0.467. The van der Waals surface area contributed by atoms with Gasteiger partial charge < -0.3 is 4.98 Å². The Kier molecular flexibility index (Phi) is 1.59. The molecule has 8 heteroatoms. The van der Waals surface area contributed by atoms with Crippen LogP contribution in [0.3, 0.4) is 0 Å². The summed E-state index contributed by atoms with van der Waals surface area (Å²) in [5.41, 5.74) is -0.811. The first-order chi connectivity index (χ1) is 6.20. The number of imidazole rings is 1. The van der Waals surface area contributed by atoms with Crippen LogP contribution in [-0.2, 0) is 0 Å². The van der Waals surface area contributed by atoms with E-state index < -0.39 is 11.2 Å². The van der Waals surface area contributed by atoms with Crippen molar-refractivity contribution in [1.82, 2.24) is 19.9 Å². The van der Waals surface area contributed by atoms with Crippen molar-refractivity contribution in [3.8, 4) is 0 Å². The molecule has 2 aromatic heterocycles. The summed E-state index contributed by atoms with van der Waals surface area (Å²) in [6.07, 6.45) is 0. The lowest BCUT2D eigenvalue weighted by Crippen LogP contribution is -2.21. The lowest BCUT2D eigenvalue weighted by molar-refractivity contribution is 1.07. The average molecular weight is 202 g/mol. The van der Waals surface area contributed by atoms with E-state index in [9.17, 15) is 9.59 Å². The maximum atomic E-state index is 11.1. The van der Waals surface area contributed by atoms with Crippen molar-refractivity contribution in [1.29, 1.82) is 0 Å². The van der Waals surface area contributed by atoms with Gasteiger partial charge in [-0.25, -0.2) is 4.79 Å². The minimum atomic E-state index is -0.606. The minimum absolute atomic E-state index is 0.164. The van der Waals surface area contributed by atoms with Crippen LogP contribution >= 0.6 is 11.8 Å². The Morgan fingerprint density at radius 3 is 2.69 bits per heavy atom. The van der Waals surface area contributed by atoms with Gasteiger partial charge in [-0.2, -0.15) is 4.98 Å². The molecule has 0 aliphatic heterocycles. The molecule has 0 bridgehead atoms. The second kappa shape index (κ2) is 2.63. The van der Waals surface area contributed by atoms with Crippen LogP contribution in [0.4, 0.5) is 5.95 Å². The molecule has 68 valence electrons. The van der Waals surface area contributed by atoms with Crippen LogP contribution in [-0.4, -0.2) is 19.9 Å². The number of aromatic nitrogens is 4. The van der Waals surface area contributed by atoms with Crippen LogP contribution in [0.5, 0.6) is 0 Å². The van der Waals surface area contributed by atoms with Gasteiger partial charge in [-0.3, -0.25) is 19.6 Å². The van der Waals surface area contributed by atoms with Crippen molar-refractivity contribution < 1.29 is 0 Å². The molecular weight excluding hydrogens is 198 g/mol. The molecule has 0 aliphatic rings. The Morgan fingerprint density at radius 1 is 1.23 bits per heavy atom. The lowest BCUT2D eigenvalue weighted by atomic mass is 10.5. The van der Waals surface area contributed by atoms with Crippen molar-refractivity contribution in [2.45, 2.75) is 0 Å². The van der Waals surface area contributed by atoms with Gasteiger partial charge in [-0.05, 0) is 0 Å². The summed E-state index contributed by atoms with van der Waals surface area (Å²) in [6, 6.07) is 0. The first kappa shape index (κ1) is 7.87. The fraction of sp³-hybridized carbons (Fsp3) is 0. The van der Waals surface area contributed by atoms with E-state index in [1.165, 1.54) is 0 Å². The molecule has 0 fully saturated rings. The summed E-state index contributed by atoms with van der Waals surface area (Å²) >= 11 is 5.24. The number of nitrogens with zero attached hydrogens (tertiary/aromatic N) is 1. The number of rotatable bonds is 1. The highest BCUT2D eigenvalue weighted by Gasteiger charge is 2.05. The summed E-state index contributed by atoms with van der Waals surface area (Å²) in [5.74, 6) is 0.198. The number of aromatic amines is 3. The maximum absolute atomic E-state index is 11.1. The van der Waals surface area contributed by atoms with Crippen molar-refractivity contribution in [2.24, 2.45) is 0 Å². The zero-order valence-corrected chi connectivity index (χ0v) is 6.90. The van der Waals surface area contributed by atoms with Gasteiger partial charge in [0.1, 0.15) is 0 Å². The summed E-state index contributed by atoms with van der Waals surface area (Å²) in [5, 5.41) is 0. The zero-order chi connectivity index (χ0) is 9.42. The van der Waals surface area contributed by atoms with Gasteiger partial charge in [0.25, 0.3) is 5.56 Å². The Labute approximate surface area is 75.3 Å². The van der Waals surface area contributed by atoms with Gasteiger partial charge in [0.2, 0.25) is 5.95 Å². The number of fused-ring (bicyclic) bond motifs is 1. The first-order valence-electron chi connectivity index (χ1n) is 3.29. The van der Waals surface area contributed by atoms with Crippen molar-refractivity contribution in [2.75, 3.05) is 4.84 Å². The number of nitrogens with one attached hydrogen (secondary N) is 4. The maximum Gasteiger partial charge on any atom is 0.327 e. The smallest absolute Gasteiger partial charge is 0.317 e. The van der Waals surface area contributed by atoms with Crippen LogP contribution in [0, 0.1) is 0 Å². The minimum Gasteiger partial charge on any atom is -0.317 e. The summed E-state index contributed by atoms with van der Waals surface area (Å²) < 4.78 is 0. The predicted octanol–water partition coefficient (Wildman–Crippen LogP) is -0.495. The average Bonchev–Trinajstić information content (AvgIpc) is 2.47. The van der Waals surface area contributed by atoms with E-state index in [2.05, 4.69) is 19.8 Å². The molecule has 0 amide bonds. The third-order valence-corrected chi connectivity index (χ3v) is 1.66. The number of halogens is 1. The normalized spacial score (nSPS) is 10.5. The largest absolute Gasteiger partial charge is 0.327 e. The van der Waals surface area contributed by atoms with E-state index in [1.54, 1.807) is 0 Å². The van der Waals surface area contributed by atoms with E-state index in [1.807, 2.05) is 4.98 Å². The Balaban J connectivity index is 2.91. The topological polar surface area (TPSA) is 106 Å². The molecular formula is C5H4ClN5O2. The monoisotopic (exact) mass is 201 g/mol. The molecule has 4 N–H and O–H groups in total. The van der Waals surface area contributed by atoms with Crippen LogP contribution in [0.1, 0.15) is 0 Å². The SMILES string of the molecule is O=c1[nH]c(=O)c2[nH]c(NCl)nc2[nH]1. The van der Waals surface area contributed by atoms with Gasteiger partial charge in [-0.15, -0.1) is 0 Å². The predicted molar refractivity (Wildman–Crippen MR) is 46.8 cm³/mol. The third-order valence-electron chi connectivity index (χ3n) is 1.48. The van der Waals surface area contributed by atoms with Gasteiger partial charge in [0.15, 0.2) is 11.2 Å². The molecule has 2 rings (SSSR count). The summed E-state index contributed by atoms with van der Waals surface area (Å²) in [6.45, 7) is 0. The number of H-pyrrole nitrogens is 3. The highest BCUT2D eigenvalue weighted by molar-refractivity contribution is 6.23. The fourth-order valence-electron chi connectivity index (χ4n) is 0.977. The molecule has 0 atom stereocenters. The second-order valence-electron chi connectivity index (χ2n) is 2.31. The van der Waals surface area contributed by atoms with Crippen molar-refractivity contribution in [3.63, 3.8) is 0 Å². The number of hydrogen-bond donors (Lipinski definition) is 4. The molecule has 0 saturated carbocycles. The van der Waals surface area contributed by atoms with Gasteiger partial charge in [0.05, 0.1) is 0 Å². The van der Waals surface area contributed by atoms with E-state index in [4.69, 9.17) is 11.8 Å². The highest BCUT2D eigenvalue weighted by atomic mass is 35.5. The molecule has 13 heavy (non-hydrogen) atoms. The number of anilines is 1. The summed E-state index contributed by atoms with van der Waals surface area (Å²) in [4.78, 5) is 34.8. The Hall–Kier alpha value is -1.76. The molecule has 7 nitrogen and oxygen atoms in total. The molecule has 2 heterocycles. The molecule has 0 aliphatic carbocycles. The third kappa shape index (κ3) is 1.18. The molecule has 2 aromatic rings. The molecule has 0 aromatic carbocycles. The molecule has 0 saturated heterocycles. The second-order valence-corrected chi connectivity index (χ2v) is 2.50. The van der Waals surface area contributed by atoms with Crippen LogP contribution < -0.4 is 16.1 Å². The van der Waals surface area contributed by atoms with Gasteiger partial charge >= 0.3 is 5.69 Å². The van der Waals surface area contributed by atoms with Crippen molar-refractivity contribution >= 4 is 28.9 Å². The zero-order valence-electron chi connectivity index (χ0n) is 6.14. The molecule has 0 unspecified atom stereocenters. The van der Waals surface area contributed by atoms with Crippen LogP contribution in [0.15, 0.2) is 9.59 Å². The van der Waals surface area contributed by atoms with Gasteiger partial charge in [-0.1, -0.05) is 0 Å². The standard InChI is InChI=1S/C5H4ClN5O2/c6-11-4-7-1-2(8-4)9-5(13)10-3(1)12/h(H4,7,8,9,10,11,12,13). The molecule has 0 spiro atoms. The summed E-state index contributed by atoms with van der Waals surface area (Å²) in [7, 11) is 0. The highest BCUT2D eigenvalue weighted by Crippen LogP contribution is 2.05. The van der Waals surface area contributed by atoms with E-state index in [0.717, 1.165) is 0 Å².